The molecule has 1 unspecified atom stereocenters. The van der Waals surface area contributed by atoms with Crippen molar-refractivity contribution in [1.29, 1.82) is 0 Å². The van der Waals surface area contributed by atoms with Crippen LogP contribution >= 0.6 is 0 Å². The lowest BCUT2D eigenvalue weighted by Crippen LogP contribution is -2.53. The molecule has 3 aromatic rings. The number of likely N-dealkylation sites (tertiary alicyclic amines) is 1. The standard InChI is InChI=1S/C27H32N4O3/c1-18-8-7-10-20-23(18)28-17-29-24(20)30-21-16-27(33-22-11-6-5-9-19(21)22)12-14-31(15-13-27)25(32)34-26(2,3)4/h5-11,17,21H,12-16H2,1-4H3,(H,28,29,30). The average Bonchev–Trinajstić information content (AvgIpc) is 2.79. The summed E-state index contributed by atoms with van der Waals surface area (Å²) in [5, 5.41) is 4.72. The number of carbonyl (C=O) groups excluding carboxylic acids is 1. The zero-order chi connectivity index (χ0) is 23.9. The Balaban J connectivity index is 1.40. The third kappa shape index (κ3) is 4.39. The van der Waals surface area contributed by atoms with Gasteiger partial charge in [0.25, 0.3) is 0 Å². The first-order valence-corrected chi connectivity index (χ1v) is 12.0. The highest BCUT2D eigenvalue weighted by molar-refractivity contribution is 5.91. The number of rotatable bonds is 2. The fourth-order valence-corrected chi connectivity index (χ4v) is 4.99. The molecule has 0 saturated carbocycles. The first-order valence-electron chi connectivity index (χ1n) is 12.0. The van der Waals surface area contributed by atoms with Gasteiger partial charge in [0.1, 0.15) is 29.1 Å². The average molecular weight is 461 g/mol. The highest BCUT2D eigenvalue weighted by atomic mass is 16.6. The number of nitrogens with zero attached hydrogens (tertiary/aromatic N) is 3. The third-order valence-electron chi connectivity index (χ3n) is 6.70. The molecule has 0 bridgehead atoms. The Labute approximate surface area is 200 Å². The van der Waals surface area contributed by atoms with E-state index in [-0.39, 0.29) is 17.7 Å². The number of hydrogen-bond donors (Lipinski definition) is 1. The second-order valence-corrected chi connectivity index (χ2v) is 10.4. The molecule has 1 spiro atoms. The van der Waals surface area contributed by atoms with Crippen molar-refractivity contribution in [3.8, 4) is 5.75 Å². The van der Waals surface area contributed by atoms with Crippen molar-refractivity contribution in [1.82, 2.24) is 14.9 Å². The molecule has 1 atom stereocenters. The van der Waals surface area contributed by atoms with Crippen LogP contribution in [-0.2, 0) is 4.74 Å². The Bertz CT molecular complexity index is 1210. The maximum atomic E-state index is 12.6. The largest absolute Gasteiger partial charge is 0.487 e. The molecule has 1 N–H and O–H groups in total. The molecule has 1 fully saturated rings. The normalized spacial score (nSPS) is 19.4. The second kappa shape index (κ2) is 8.46. The lowest BCUT2D eigenvalue weighted by molar-refractivity contribution is -0.0308. The summed E-state index contributed by atoms with van der Waals surface area (Å²) in [6.07, 6.45) is 3.67. The molecule has 3 heterocycles. The first-order chi connectivity index (χ1) is 16.2. The quantitative estimate of drug-likeness (QED) is 0.533. The molecule has 34 heavy (non-hydrogen) atoms. The van der Waals surface area contributed by atoms with Crippen LogP contribution in [0.25, 0.3) is 10.9 Å². The molecule has 7 heteroatoms. The summed E-state index contributed by atoms with van der Waals surface area (Å²) < 4.78 is 12.2. The van der Waals surface area contributed by atoms with Crippen LogP contribution in [0.4, 0.5) is 10.6 Å². The number of aromatic nitrogens is 2. The van der Waals surface area contributed by atoms with Gasteiger partial charge < -0.3 is 19.7 Å². The van der Waals surface area contributed by atoms with Crippen LogP contribution in [0, 0.1) is 6.92 Å². The first kappa shape index (κ1) is 22.4. The Morgan fingerprint density at radius 3 is 2.65 bits per heavy atom. The third-order valence-corrected chi connectivity index (χ3v) is 6.70. The fraction of sp³-hybridized carbons (Fsp3) is 0.444. The summed E-state index contributed by atoms with van der Waals surface area (Å²) >= 11 is 0. The molecule has 1 aromatic heterocycles. The van der Waals surface area contributed by atoms with E-state index in [2.05, 4.69) is 40.4 Å². The summed E-state index contributed by atoms with van der Waals surface area (Å²) in [7, 11) is 0. The van der Waals surface area contributed by atoms with Crippen molar-refractivity contribution >= 4 is 22.8 Å². The van der Waals surface area contributed by atoms with Crippen molar-refractivity contribution in [3.05, 3.63) is 59.9 Å². The molecule has 7 nitrogen and oxygen atoms in total. The van der Waals surface area contributed by atoms with E-state index in [1.165, 1.54) is 0 Å². The predicted octanol–water partition coefficient (Wildman–Crippen LogP) is 5.64. The van der Waals surface area contributed by atoms with Gasteiger partial charge in [-0.2, -0.15) is 0 Å². The number of fused-ring (bicyclic) bond motifs is 2. The highest BCUT2D eigenvalue weighted by Crippen LogP contribution is 2.45. The molecule has 1 saturated heterocycles. The van der Waals surface area contributed by atoms with Crippen LogP contribution in [0.15, 0.2) is 48.8 Å². The van der Waals surface area contributed by atoms with E-state index in [4.69, 9.17) is 9.47 Å². The van der Waals surface area contributed by atoms with Crippen LogP contribution < -0.4 is 10.1 Å². The molecular formula is C27H32N4O3. The van der Waals surface area contributed by atoms with Gasteiger partial charge in [0.2, 0.25) is 0 Å². The number of amides is 1. The number of para-hydroxylation sites is 2. The molecule has 2 aliphatic rings. The lowest BCUT2D eigenvalue weighted by atomic mass is 9.80. The van der Waals surface area contributed by atoms with E-state index >= 15 is 0 Å². The van der Waals surface area contributed by atoms with Gasteiger partial charge in [-0.3, -0.25) is 0 Å². The van der Waals surface area contributed by atoms with Gasteiger partial charge in [-0.1, -0.05) is 30.3 Å². The van der Waals surface area contributed by atoms with Crippen molar-refractivity contribution in [2.75, 3.05) is 18.4 Å². The molecule has 2 aliphatic heterocycles. The summed E-state index contributed by atoms with van der Waals surface area (Å²) in [5.41, 5.74) is 2.37. The van der Waals surface area contributed by atoms with Crippen LogP contribution in [-0.4, -0.2) is 45.3 Å². The molecule has 1 amide bonds. The molecule has 2 aromatic carbocycles. The van der Waals surface area contributed by atoms with Crippen molar-refractivity contribution in [2.45, 2.75) is 64.2 Å². The topological polar surface area (TPSA) is 76.6 Å². The van der Waals surface area contributed by atoms with E-state index in [0.29, 0.717) is 13.1 Å². The second-order valence-electron chi connectivity index (χ2n) is 10.4. The van der Waals surface area contributed by atoms with Crippen LogP contribution in [0.3, 0.4) is 0 Å². The minimum absolute atomic E-state index is 0.0386. The number of aryl methyl sites for hydroxylation is 1. The minimum atomic E-state index is -0.500. The highest BCUT2D eigenvalue weighted by Gasteiger charge is 2.44. The Morgan fingerprint density at radius 1 is 1.12 bits per heavy atom. The summed E-state index contributed by atoms with van der Waals surface area (Å²) in [6.45, 7) is 8.97. The smallest absolute Gasteiger partial charge is 0.410 e. The number of piperidine rings is 1. The van der Waals surface area contributed by atoms with E-state index in [1.54, 1.807) is 11.2 Å². The Morgan fingerprint density at radius 2 is 1.88 bits per heavy atom. The summed E-state index contributed by atoms with van der Waals surface area (Å²) in [6, 6.07) is 14.4. The van der Waals surface area contributed by atoms with E-state index < -0.39 is 5.60 Å². The molecule has 0 aliphatic carbocycles. The molecular weight excluding hydrogens is 428 g/mol. The maximum Gasteiger partial charge on any atom is 0.410 e. The molecule has 178 valence electrons. The number of benzene rings is 2. The van der Waals surface area contributed by atoms with Gasteiger partial charge in [0.15, 0.2) is 0 Å². The summed E-state index contributed by atoms with van der Waals surface area (Å²) in [4.78, 5) is 23.4. The number of carbonyl (C=O) groups is 1. The lowest BCUT2D eigenvalue weighted by Gasteiger charge is -2.47. The fourth-order valence-electron chi connectivity index (χ4n) is 4.99. The zero-order valence-electron chi connectivity index (χ0n) is 20.3. The van der Waals surface area contributed by atoms with Gasteiger partial charge in [0, 0.05) is 43.3 Å². The molecule has 5 rings (SSSR count). The van der Waals surface area contributed by atoms with E-state index in [0.717, 1.165) is 52.9 Å². The van der Waals surface area contributed by atoms with Crippen LogP contribution in [0.5, 0.6) is 5.75 Å². The van der Waals surface area contributed by atoms with Gasteiger partial charge in [-0.25, -0.2) is 14.8 Å². The van der Waals surface area contributed by atoms with Crippen LogP contribution in [0.1, 0.15) is 57.2 Å². The Kier molecular flexibility index (Phi) is 5.58. The maximum absolute atomic E-state index is 12.6. The minimum Gasteiger partial charge on any atom is -0.487 e. The zero-order valence-corrected chi connectivity index (χ0v) is 20.3. The number of ether oxygens (including phenoxy) is 2. The molecule has 0 radical (unpaired) electrons. The number of hydrogen-bond acceptors (Lipinski definition) is 6. The van der Waals surface area contributed by atoms with Gasteiger partial charge in [0.05, 0.1) is 11.6 Å². The van der Waals surface area contributed by atoms with Gasteiger partial charge in [-0.15, -0.1) is 0 Å². The number of nitrogens with one attached hydrogen (secondary N) is 1. The van der Waals surface area contributed by atoms with E-state index in [9.17, 15) is 4.79 Å². The van der Waals surface area contributed by atoms with Crippen LogP contribution in [0.2, 0.25) is 0 Å². The van der Waals surface area contributed by atoms with Crippen molar-refractivity contribution in [2.24, 2.45) is 0 Å². The van der Waals surface area contributed by atoms with Gasteiger partial charge >= 0.3 is 6.09 Å². The Hall–Kier alpha value is -3.35. The predicted molar refractivity (Wildman–Crippen MR) is 132 cm³/mol. The van der Waals surface area contributed by atoms with Gasteiger partial charge in [-0.05, 0) is 45.4 Å². The number of anilines is 1. The summed E-state index contributed by atoms with van der Waals surface area (Å²) in [5.74, 6) is 1.73. The van der Waals surface area contributed by atoms with Crippen molar-refractivity contribution in [3.63, 3.8) is 0 Å². The SMILES string of the molecule is Cc1cccc2c(NC3CC4(CCN(C(=O)OC(C)(C)C)CC4)Oc4ccccc43)ncnc12. The van der Waals surface area contributed by atoms with E-state index in [1.807, 2.05) is 45.0 Å². The van der Waals surface area contributed by atoms with Crippen molar-refractivity contribution < 1.29 is 14.3 Å². The monoisotopic (exact) mass is 460 g/mol.